The van der Waals surface area contributed by atoms with Gasteiger partial charge in [-0.3, -0.25) is 4.98 Å². The number of fused-ring (bicyclic) bond motifs is 1. The van der Waals surface area contributed by atoms with Gasteiger partial charge in [0.05, 0.1) is 11.7 Å². The predicted octanol–water partition coefficient (Wildman–Crippen LogP) is 3.03. The first kappa shape index (κ1) is 12.2. The van der Waals surface area contributed by atoms with Gasteiger partial charge in [0, 0.05) is 25.0 Å². The van der Waals surface area contributed by atoms with E-state index in [0.29, 0.717) is 6.04 Å². The Labute approximate surface area is 113 Å². The molecule has 4 heteroatoms. The van der Waals surface area contributed by atoms with E-state index in [-0.39, 0.29) is 0 Å². The highest BCUT2D eigenvalue weighted by Crippen LogP contribution is 2.29. The topological polar surface area (TPSA) is 42.7 Å². The van der Waals surface area contributed by atoms with Gasteiger partial charge in [-0.05, 0) is 37.0 Å². The number of rotatable bonds is 4. The Morgan fingerprint density at radius 3 is 3.00 bits per heavy atom. The Kier molecular flexibility index (Phi) is 3.49. The molecule has 1 aliphatic rings. The molecule has 1 N–H and O–H groups in total. The monoisotopic (exact) mass is 256 g/mol. The van der Waals surface area contributed by atoms with Gasteiger partial charge in [-0.1, -0.05) is 13.3 Å². The molecule has 100 valence electrons. The Hall–Kier alpha value is -1.84. The summed E-state index contributed by atoms with van der Waals surface area (Å²) in [7, 11) is 0. The van der Waals surface area contributed by atoms with Crippen LogP contribution in [0.25, 0.3) is 0 Å². The highest BCUT2D eigenvalue weighted by atomic mass is 15.4. The summed E-state index contributed by atoms with van der Waals surface area (Å²) in [6, 6.07) is 6.72. The number of unbranched alkanes of at least 4 members (excludes halogenated alkanes) is 1. The van der Waals surface area contributed by atoms with Gasteiger partial charge in [-0.2, -0.15) is 5.10 Å². The van der Waals surface area contributed by atoms with Crippen LogP contribution >= 0.6 is 0 Å². The summed E-state index contributed by atoms with van der Waals surface area (Å²) in [5, 5.41) is 8.22. The highest BCUT2D eigenvalue weighted by Gasteiger charge is 2.22. The van der Waals surface area contributed by atoms with Gasteiger partial charge >= 0.3 is 0 Å². The normalized spacial score (nSPS) is 17.8. The van der Waals surface area contributed by atoms with Crippen LogP contribution in [0.15, 0.2) is 30.6 Å². The van der Waals surface area contributed by atoms with Gasteiger partial charge in [0.2, 0.25) is 0 Å². The van der Waals surface area contributed by atoms with Gasteiger partial charge in [0.15, 0.2) is 0 Å². The molecule has 1 aliphatic heterocycles. The minimum absolute atomic E-state index is 0.342. The molecule has 0 amide bonds. The molecule has 1 atom stereocenters. The molecular weight excluding hydrogens is 236 g/mol. The summed E-state index contributed by atoms with van der Waals surface area (Å²) in [6.45, 7) is 3.22. The molecule has 0 aliphatic carbocycles. The van der Waals surface area contributed by atoms with Crippen molar-refractivity contribution in [3.05, 3.63) is 41.9 Å². The van der Waals surface area contributed by atoms with Crippen LogP contribution in [-0.2, 0) is 6.42 Å². The van der Waals surface area contributed by atoms with Crippen molar-refractivity contribution in [2.45, 2.75) is 38.6 Å². The van der Waals surface area contributed by atoms with Gasteiger partial charge in [-0.15, -0.1) is 0 Å². The second-order valence-corrected chi connectivity index (χ2v) is 5.08. The summed E-state index contributed by atoms with van der Waals surface area (Å²) in [4.78, 5) is 4.10. The summed E-state index contributed by atoms with van der Waals surface area (Å²) in [5.74, 6) is 1.15. The number of pyridine rings is 1. The Morgan fingerprint density at radius 1 is 1.37 bits per heavy atom. The maximum absolute atomic E-state index is 4.78. The molecule has 0 spiro atoms. The first-order valence-corrected chi connectivity index (χ1v) is 7.10. The number of hydrogen-bond acceptors (Lipinski definition) is 3. The Bertz CT molecular complexity index is 532. The van der Waals surface area contributed by atoms with Crippen molar-refractivity contribution < 1.29 is 0 Å². The highest BCUT2D eigenvalue weighted by molar-refractivity contribution is 5.41. The van der Waals surface area contributed by atoms with Crippen LogP contribution in [-0.4, -0.2) is 21.3 Å². The lowest BCUT2D eigenvalue weighted by Crippen LogP contribution is -2.24. The molecule has 3 rings (SSSR count). The number of aromatic nitrogens is 3. The summed E-state index contributed by atoms with van der Waals surface area (Å²) < 4.78 is 2.14. The quantitative estimate of drug-likeness (QED) is 0.914. The third-order valence-electron chi connectivity index (χ3n) is 3.68. The van der Waals surface area contributed by atoms with E-state index in [4.69, 9.17) is 5.10 Å². The molecule has 0 saturated heterocycles. The van der Waals surface area contributed by atoms with Crippen molar-refractivity contribution in [1.82, 2.24) is 14.8 Å². The van der Waals surface area contributed by atoms with Gasteiger partial charge in [0.25, 0.3) is 0 Å². The minimum atomic E-state index is 0.342. The van der Waals surface area contributed by atoms with E-state index in [1.807, 2.05) is 12.4 Å². The van der Waals surface area contributed by atoms with E-state index in [2.05, 4.69) is 40.1 Å². The lowest BCUT2D eigenvalue weighted by atomic mass is 10.0. The van der Waals surface area contributed by atoms with Crippen molar-refractivity contribution in [3.8, 4) is 0 Å². The predicted molar refractivity (Wildman–Crippen MR) is 76.3 cm³/mol. The maximum Gasteiger partial charge on any atom is 0.125 e. The maximum atomic E-state index is 4.78. The van der Waals surface area contributed by atoms with Crippen LogP contribution in [0.3, 0.4) is 0 Å². The standard InChI is InChI=1S/C15H20N4/c1-2-3-4-13-11-15-17-10-7-14(19(15)18-13)12-5-8-16-9-6-12/h5-6,8-9,11,14,17H,2-4,7,10H2,1H3. The van der Waals surface area contributed by atoms with E-state index in [1.165, 1.54) is 24.1 Å². The van der Waals surface area contributed by atoms with Crippen molar-refractivity contribution in [2.24, 2.45) is 0 Å². The van der Waals surface area contributed by atoms with Crippen LogP contribution in [0.5, 0.6) is 0 Å². The van der Waals surface area contributed by atoms with E-state index in [1.54, 1.807) is 0 Å². The molecule has 2 aromatic heterocycles. The van der Waals surface area contributed by atoms with E-state index in [0.717, 1.165) is 25.2 Å². The first-order chi connectivity index (χ1) is 9.38. The molecule has 0 radical (unpaired) electrons. The fourth-order valence-corrected chi connectivity index (χ4v) is 2.65. The lowest BCUT2D eigenvalue weighted by molar-refractivity contribution is 0.477. The molecule has 0 fully saturated rings. The second kappa shape index (κ2) is 5.43. The zero-order valence-electron chi connectivity index (χ0n) is 11.3. The molecular formula is C15H20N4. The molecule has 1 unspecified atom stereocenters. The Morgan fingerprint density at radius 2 is 2.21 bits per heavy atom. The summed E-state index contributed by atoms with van der Waals surface area (Å²) >= 11 is 0. The molecule has 19 heavy (non-hydrogen) atoms. The van der Waals surface area contributed by atoms with Gasteiger partial charge in [-0.25, -0.2) is 4.68 Å². The zero-order chi connectivity index (χ0) is 13.1. The molecule has 3 heterocycles. The number of aryl methyl sites for hydroxylation is 1. The van der Waals surface area contributed by atoms with Crippen molar-refractivity contribution in [1.29, 1.82) is 0 Å². The molecule has 4 nitrogen and oxygen atoms in total. The van der Waals surface area contributed by atoms with E-state index < -0.39 is 0 Å². The third-order valence-corrected chi connectivity index (χ3v) is 3.68. The summed E-state index contributed by atoms with van der Waals surface area (Å²) in [6.07, 6.45) is 8.28. The Balaban J connectivity index is 1.89. The van der Waals surface area contributed by atoms with Crippen LogP contribution in [0.2, 0.25) is 0 Å². The first-order valence-electron chi connectivity index (χ1n) is 7.10. The number of hydrogen-bond donors (Lipinski definition) is 1. The minimum Gasteiger partial charge on any atom is -0.370 e. The average Bonchev–Trinajstić information content (AvgIpc) is 2.88. The molecule has 2 aromatic rings. The summed E-state index contributed by atoms with van der Waals surface area (Å²) in [5.41, 5.74) is 2.49. The van der Waals surface area contributed by atoms with E-state index >= 15 is 0 Å². The zero-order valence-corrected chi connectivity index (χ0v) is 11.3. The largest absolute Gasteiger partial charge is 0.370 e. The van der Waals surface area contributed by atoms with Crippen LogP contribution in [0, 0.1) is 0 Å². The number of nitrogens with zero attached hydrogens (tertiary/aromatic N) is 3. The van der Waals surface area contributed by atoms with E-state index in [9.17, 15) is 0 Å². The number of nitrogens with one attached hydrogen (secondary N) is 1. The molecule has 0 aromatic carbocycles. The molecule has 0 saturated carbocycles. The smallest absolute Gasteiger partial charge is 0.125 e. The van der Waals surface area contributed by atoms with Gasteiger partial charge < -0.3 is 5.32 Å². The van der Waals surface area contributed by atoms with Crippen LogP contribution < -0.4 is 5.32 Å². The van der Waals surface area contributed by atoms with Crippen molar-refractivity contribution in [2.75, 3.05) is 11.9 Å². The second-order valence-electron chi connectivity index (χ2n) is 5.08. The van der Waals surface area contributed by atoms with Crippen LogP contribution in [0.4, 0.5) is 5.82 Å². The molecule has 0 bridgehead atoms. The number of anilines is 1. The fraction of sp³-hybridized carbons (Fsp3) is 0.467. The third kappa shape index (κ3) is 2.48. The fourth-order valence-electron chi connectivity index (χ4n) is 2.65. The SMILES string of the molecule is CCCCc1cc2n(n1)C(c1ccncc1)CCN2. The average molecular weight is 256 g/mol. The van der Waals surface area contributed by atoms with Crippen molar-refractivity contribution >= 4 is 5.82 Å². The van der Waals surface area contributed by atoms with Crippen LogP contribution in [0.1, 0.15) is 43.5 Å². The van der Waals surface area contributed by atoms with Crippen molar-refractivity contribution in [3.63, 3.8) is 0 Å². The van der Waals surface area contributed by atoms with Gasteiger partial charge in [0.1, 0.15) is 5.82 Å². The lowest BCUT2D eigenvalue weighted by Gasteiger charge is -2.25.